The number of aromatic nitrogens is 2. The molecule has 0 saturated carbocycles. The summed E-state index contributed by atoms with van der Waals surface area (Å²) in [4.78, 5) is 8.35. The van der Waals surface area contributed by atoms with E-state index in [0.29, 0.717) is 16.0 Å². The van der Waals surface area contributed by atoms with E-state index in [1.165, 1.54) is 6.33 Å². The van der Waals surface area contributed by atoms with E-state index < -0.39 is 0 Å². The first-order chi connectivity index (χ1) is 10.2. The first kappa shape index (κ1) is 13.9. The fourth-order valence-corrected chi connectivity index (χ4v) is 2.46. The van der Waals surface area contributed by atoms with Crippen LogP contribution >= 0.6 is 23.2 Å². The third-order valence-electron chi connectivity index (χ3n) is 2.95. The lowest BCUT2D eigenvalue weighted by molar-refractivity contribution is 1.17. The summed E-state index contributed by atoms with van der Waals surface area (Å²) in [5.41, 5.74) is 2.56. The summed E-state index contributed by atoms with van der Waals surface area (Å²) in [6.07, 6.45) is 1.43. The fourth-order valence-electron chi connectivity index (χ4n) is 2.02. The summed E-state index contributed by atoms with van der Waals surface area (Å²) >= 11 is 12.2. The Morgan fingerprint density at radius 3 is 2.43 bits per heavy atom. The van der Waals surface area contributed by atoms with Gasteiger partial charge in [-0.2, -0.15) is 0 Å². The summed E-state index contributed by atoms with van der Waals surface area (Å²) in [6.45, 7) is 0. The highest BCUT2D eigenvalue weighted by molar-refractivity contribution is 6.32. The van der Waals surface area contributed by atoms with Crippen molar-refractivity contribution in [1.82, 2.24) is 9.97 Å². The zero-order valence-electron chi connectivity index (χ0n) is 10.9. The minimum absolute atomic E-state index is 0.403. The van der Waals surface area contributed by atoms with Gasteiger partial charge in [0.05, 0.1) is 5.56 Å². The molecule has 3 nitrogen and oxygen atoms in total. The van der Waals surface area contributed by atoms with Crippen LogP contribution in [-0.4, -0.2) is 9.97 Å². The highest BCUT2D eigenvalue weighted by Crippen LogP contribution is 2.33. The molecule has 0 saturated heterocycles. The van der Waals surface area contributed by atoms with Crippen LogP contribution in [0.25, 0.3) is 11.1 Å². The second kappa shape index (κ2) is 6.12. The lowest BCUT2D eigenvalue weighted by Crippen LogP contribution is -1.98. The van der Waals surface area contributed by atoms with Crippen LogP contribution in [0, 0.1) is 0 Å². The van der Waals surface area contributed by atoms with Gasteiger partial charge in [0.15, 0.2) is 0 Å². The van der Waals surface area contributed by atoms with Crippen LogP contribution < -0.4 is 5.32 Å². The molecule has 0 aliphatic rings. The van der Waals surface area contributed by atoms with Gasteiger partial charge >= 0.3 is 0 Å². The molecule has 2 aromatic carbocycles. The predicted octanol–water partition coefficient (Wildman–Crippen LogP) is 5.19. The molecule has 0 radical (unpaired) electrons. The number of benzene rings is 2. The van der Waals surface area contributed by atoms with Crippen molar-refractivity contribution in [3.05, 3.63) is 71.1 Å². The first-order valence-electron chi connectivity index (χ1n) is 6.32. The maximum Gasteiger partial charge on any atom is 0.143 e. The third kappa shape index (κ3) is 3.15. The standard InChI is InChI=1S/C16H11Cl2N3/c17-12-7-4-8-13(9-12)21-16-14(15(18)19-10-20-16)11-5-2-1-3-6-11/h1-10H,(H,19,20,21). The van der Waals surface area contributed by atoms with Gasteiger partial charge in [-0.1, -0.05) is 59.6 Å². The molecule has 0 unspecified atom stereocenters. The number of nitrogens with one attached hydrogen (secondary N) is 1. The van der Waals surface area contributed by atoms with Gasteiger partial charge in [0.2, 0.25) is 0 Å². The van der Waals surface area contributed by atoms with Crippen LogP contribution in [-0.2, 0) is 0 Å². The van der Waals surface area contributed by atoms with Gasteiger partial charge in [-0.15, -0.1) is 0 Å². The Kier molecular flexibility index (Phi) is 4.04. The Morgan fingerprint density at radius 1 is 0.857 bits per heavy atom. The molecule has 5 heteroatoms. The van der Waals surface area contributed by atoms with Gasteiger partial charge in [0, 0.05) is 10.7 Å². The van der Waals surface area contributed by atoms with E-state index >= 15 is 0 Å². The monoisotopic (exact) mass is 315 g/mol. The summed E-state index contributed by atoms with van der Waals surface area (Å²) in [6, 6.07) is 17.2. The molecular formula is C16H11Cl2N3. The zero-order chi connectivity index (χ0) is 14.7. The molecule has 1 heterocycles. The van der Waals surface area contributed by atoms with E-state index in [0.717, 1.165) is 16.8 Å². The highest BCUT2D eigenvalue weighted by Gasteiger charge is 2.12. The molecule has 0 aliphatic heterocycles. The van der Waals surface area contributed by atoms with Crippen molar-refractivity contribution in [3.8, 4) is 11.1 Å². The molecule has 1 N–H and O–H groups in total. The van der Waals surface area contributed by atoms with Crippen LogP contribution in [0.5, 0.6) is 0 Å². The van der Waals surface area contributed by atoms with Crippen LogP contribution in [0.1, 0.15) is 0 Å². The maximum absolute atomic E-state index is 6.24. The first-order valence-corrected chi connectivity index (χ1v) is 7.08. The quantitative estimate of drug-likeness (QED) is 0.675. The van der Waals surface area contributed by atoms with Crippen LogP contribution in [0.4, 0.5) is 11.5 Å². The number of rotatable bonds is 3. The minimum Gasteiger partial charge on any atom is -0.340 e. The second-order valence-corrected chi connectivity index (χ2v) is 5.18. The zero-order valence-corrected chi connectivity index (χ0v) is 12.4. The number of halogens is 2. The lowest BCUT2D eigenvalue weighted by atomic mass is 10.1. The van der Waals surface area contributed by atoms with Crippen molar-refractivity contribution in [2.75, 3.05) is 5.32 Å². The average Bonchev–Trinajstić information content (AvgIpc) is 2.48. The molecular weight excluding hydrogens is 305 g/mol. The molecule has 0 bridgehead atoms. The van der Waals surface area contributed by atoms with Crippen molar-refractivity contribution in [3.63, 3.8) is 0 Å². The highest BCUT2D eigenvalue weighted by atomic mass is 35.5. The van der Waals surface area contributed by atoms with Gasteiger partial charge in [-0.25, -0.2) is 9.97 Å². The van der Waals surface area contributed by atoms with Crippen molar-refractivity contribution in [1.29, 1.82) is 0 Å². The van der Waals surface area contributed by atoms with Gasteiger partial charge in [0.25, 0.3) is 0 Å². The van der Waals surface area contributed by atoms with Crippen molar-refractivity contribution in [2.24, 2.45) is 0 Å². The molecule has 3 aromatic rings. The van der Waals surface area contributed by atoms with E-state index in [1.54, 1.807) is 0 Å². The van der Waals surface area contributed by atoms with Crippen molar-refractivity contribution in [2.45, 2.75) is 0 Å². The van der Waals surface area contributed by atoms with Crippen LogP contribution in [0.3, 0.4) is 0 Å². The molecule has 0 atom stereocenters. The van der Waals surface area contributed by atoms with E-state index in [1.807, 2.05) is 54.6 Å². The lowest BCUT2D eigenvalue weighted by Gasteiger charge is -2.12. The van der Waals surface area contributed by atoms with E-state index in [2.05, 4.69) is 15.3 Å². The number of anilines is 2. The second-order valence-electron chi connectivity index (χ2n) is 4.39. The molecule has 3 rings (SSSR count). The molecule has 0 spiro atoms. The van der Waals surface area contributed by atoms with Gasteiger partial charge in [0.1, 0.15) is 17.3 Å². The van der Waals surface area contributed by atoms with E-state index in [-0.39, 0.29) is 0 Å². The molecule has 21 heavy (non-hydrogen) atoms. The normalized spacial score (nSPS) is 10.4. The number of hydrogen-bond donors (Lipinski definition) is 1. The summed E-state index contributed by atoms with van der Waals surface area (Å²) in [5.74, 6) is 0.642. The summed E-state index contributed by atoms with van der Waals surface area (Å²) in [5, 5.41) is 4.29. The fraction of sp³-hybridized carbons (Fsp3) is 0. The molecule has 0 aliphatic carbocycles. The van der Waals surface area contributed by atoms with Crippen molar-refractivity contribution >= 4 is 34.7 Å². The molecule has 104 valence electrons. The number of nitrogens with zero attached hydrogens (tertiary/aromatic N) is 2. The Bertz CT molecular complexity index is 760. The van der Waals surface area contributed by atoms with Crippen LogP contribution in [0.15, 0.2) is 60.9 Å². The Balaban J connectivity index is 2.05. The minimum atomic E-state index is 0.403. The van der Waals surface area contributed by atoms with Gasteiger partial charge < -0.3 is 5.32 Å². The van der Waals surface area contributed by atoms with Crippen molar-refractivity contribution < 1.29 is 0 Å². The SMILES string of the molecule is Clc1cccc(Nc2ncnc(Cl)c2-c2ccccc2)c1. The third-order valence-corrected chi connectivity index (χ3v) is 3.47. The van der Waals surface area contributed by atoms with Crippen LogP contribution in [0.2, 0.25) is 10.2 Å². The Labute approximate surface area is 132 Å². The summed E-state index contributed by atoms with van der Waals surface area (Å²) in [7, 11) is 0. The average molecular weight is 316 g/mol. The molecule has 1 aromatic heterocycles. The molecule has 0 fully saturated rings. The smallest absolute Gasteiger partial charge is 0.143 e. The van der Waals surface area contributed by atoms with E-state index in [4.69, 9.17) is 23.2 Å². The molecule has 0 amide bonds. The largest absolute Gasteiger partial charge is 0.340 e. The summed E-state index contributed by atoms with van der Waals surface area (Å²) < 4.78 is 0. The van der Waals surface area contributed by atoms with Gasteiger partial charge in [-0.3, -0.25) is 0 Å². The Hall–Kier alpha value is -2.10. The number of hydrogen-bond acceptors (Lipinski definition) is 3. The maximum atomic E-state index is 6.24. The van der Waals surface area contributed by atoms with E-state index in [9.17, 15) is 0 Å². The van der Waals surface area contributed by atoms with Gasteiger partial charge in [-0.05, 0) is 23.8 Å². The predicted molar refractivity (Wildman–Crippen MR) is 87.2 cm³/mol. The Morgan fingerprint density at radius 2 is 1.67 bits per heavy atom. The topological polar surface area (TPSA) is 37.8 Å².